The largest absolute Gasteiger partial charge is 0.424 e. The number of hydrogen-bond donors (Lipinski definition) is 0. The summed E-state index contributed by atoms with van der Waals surface area (Å²) in [5.74, 6) is 0.240. The Morgan fingerprint density at radius 2 is 1.85 bits per heavy atom. The predicted octanol–water partition coefficient (Wildman–Crippen LogP) is 4.78. The molecule has 2 aromatic carbocycles. The maximum absolute atomic E-state index is 12.3. The standard InChI is InChI=1S/C20H15NO4S/c1-2-7-16(22)24-17-13-9-4-6-11-15(13)26-18(17)19-21-14-10-5-3-8-12(14)20(23)25-19/h3-6,8-11H,2,7H2,1H3. The fourth-order valence-electron chi connectivity index (χ4n) is 2.75. The molecule has 4 rings (SSSR count). The van der Waals surface area contributed by atoms with Crippen LogP contribution in [0, 0.1) is 0 Å². The molecular weight excluding hydrogens is 350 g/mol. The zero-order chi connectivity index (χ0) is 18.1. The topological polar surface area (TPSA) is 69.4 Å². The maximum atomic E-state index is 12.3. The van der Waals surface area contributed by atoms with Crippen molar-refractivity contribution in [2.75, 3.05) is 0 Å². The van der Waals surface area contributed by atoms with E-state index in [1.807, 2.05) is 37.3 Å². The van der Waals surface area contributed by atoms with Gasteiger partial charge in [0.05, 0.1) is 10.9 Å². The molecule has 0 aliphatic heterocycles. The second-order valence-corrected chi connectivity index (χ2v) is 6.86. The molecule has 0 saturated carbocycles. The number of fused-ring (bicyclic) bond motifs is 2. The molecule has 0 amide bonds. The van der Waals surface area contributed by atoms with Gasteiger partial charge in [-0.3, -0.25) is 4.79 Å². The summed E-state index contributed by atoms with van der Waals surface area (Å²) in [4.78, 5) is 29.4. The van der Waals surface area contributed by atoms with Crippen LogP contribution in [0.25, 0.3) is 31.8 Å². The zero-order valence-corrected chi connectivity index (χ0v) is 14.8. The Bertz CT molecular complexity index is 1180. The second-order valence-electron chi connectivity index (χ2n) is 5.80. The van der Waals surface area contributed by atoms with E-state index in [1.54, 1.807) is 18.2 Å². The highest BCUT2D eigenvalue weighted by Gasteiger charge is 2.21. The number of nitrogens with zero attached hydrogens (tertiary/aromatic N) is 1. The summed E-state index contributed by atoms with van der Waals surface area (Å²) in [6, 6.07) is 14.6. The summed E-state index contributed by atoms with van der Waals surface area (Å²) in [6.07, 6.45) is 1.01. The second kappa shape index (κ2) is 6.72. The van der Waals surface area contributed by atoms with Gasteiger partial charge >= 0.3 is 11.6 Å². The van der Waals surface area contributed by atoms with Gasteiger partial charge in [0.25, 0.3) is 0 Å². The molecule has 0 spiro atoms. The highest BCUT2D eigenvalue weighted by Crippen LogP contribution is 2.43. The molecule has 0 aliphatic carbocycles. The number of carbonyl (C=O) groups is 1. The highest BCUT2D eigenvalue weighted by molar-refractivity contribution is 7.22. The molecule has 0 N–H and O–H groups in total. The van der Waals surface area contributed by atoms with Crippen LogP contribution in [0.15, 0.2) is 57.7 Å². The van der Waals surface area contributed by atoms with E-state index in [-0.39, 0.29) is 11.9 Å². The minimum absolute atomic E-state index is 0.161. The van der Waals surface area contributed by atoms with Gasteiger partial charge in [-0.1, -0.05) is 31.2 Å². The zero-order valence-electron chi connectivity index (χ0n) is 14.0. The minimum Gasteiger partial charge on any atom is -0.424 e. The first-order valence-electron chi connectivity index (χ1n) is 8.30. The minimum atomic E-state index is -0.464. The Kier molecular flexibility index (Phi) is 4.26. The monoisotopic (exact) mass is 365 g/mol. The summed E-state index contributed by atoms with van der Waals surface area (Å²) < 4.78 is 12.0. The first kappa shape index (κ1) is 16.5. The number of ether oxygens (including phenoxy) is 1. The van der Waals surface area contributed by atoms with Gasteiger partial charge in [-0.05, 0) is 30.7 Å². The van der Waals surface area contributed by atoms with Crippen molar-refractivity contribution in [3.05, 3.63) is 59.0 Å². The van der Waals surface area contributed by atoms with E-state index in [4.69, 9.17) is 9.15 Å². The van der Waals surface area contributed by atoms with Gasteiger partial charge in [-0.25, -0.2) is 9.78 Å². The number of carbonyl (C=O) groups excluding carboxylic acids is 1. The normalized spacial score (nSPS) is 11.1. The Labute approximate surface area is 152 Å². The SMILES string of the molecule is CCCC(=O)Oc1c(-c2nc3ccccc3c(=O)o2)sc2ccccc12. The summed E-state index contributed by atoms with van der Waals surface area (Å²) in [5.41, 5.74) is 0.0796. The van der Waals surface area contributed by atoms with Gasteiger partial charge < -0.3 is 9.15 Å². The lowest BCUT2D eigenvalue weighted by molar-refractivity contribution is -0.134. The van der Waals surface area contributed by atoms with E-state index >= 15 is 0 Å². The van der Waals surface area contributed by atoms with Gasteiger partial charge in [-0.2, -0.15) is 0 Å². The van der Waals surface area contributed by atoms with Crippen LogP contribution in [0.2, 0.25) is 0 Å². The van der Waals surface area contributed by atoms with Crippen molar-refractivity contribution in [2.45, 2.75) is 19.8 Å². The van der Waals surface area contributed by atoms with E-state index < -0.39 is 5.63 Å². The fraction of sp³-hybridized carbons (Fsp3) is 0.150. The molecule has 0 unspecified atom stereocenters. The van der Waals surface area contributed by atoms with Crippen LogP contribution in [0.5, 0.6) is 5.75 Å². The number of thiophene rings is 1. The van der Waals surface area contributed by atoms with Gasteiger partial charge in [0, 0.05) is 16.5 Å². The number of benzene rings is 2. The first-order valence-corrected chi connectivity index (χ1v) is 9.11. The number of aromatic nitrogens is 1. The number of hydrogen-bond acceptors (Lipinski definition) is 6. The maximum Gasteiger partial charge on any atom is 0.347 e. The molecule has 0 radical (unpaired) electrons. The summed E-state index contributed by atoms with van der Waals surface area (Å²) in [5, 5.41) is 1.22. The van der Waals surface area contributed by atoms with Crippen LogP contribution in [-0.4, -0.2) is 11.0 Å². The fourth-order valence-corrected chi connectivity index (χ4v) is 3.80. The van der Waals surface area contributed by atoms with Gasteiger partial charge in [0.2, 0.25) is 5.89 Å². The third-order valence-corrected chi connectivity index (χ3v) is 5.09. The van der Waals surface area contributed by atoms with E-state index in [0.717, 1.165) is 10.1 Å². The Hall–Kier alpha value is -2.99. The molecule has 130 valence electrons. The van der Waals surface area contributed by atoms with Crippen molar-refractivity contribution in [1.29, 1.82) is 0 Å². The van der Waals surface area contributed by atoms with E-state index in [1.165, 1.54) is 11.3 Å². The average molecular weight is 365 g/mol. The first-order chi connectivity index (χ1) is 12.7. The van der Waals surface area contributed by atoms with Gasteiger partial charge in [0.15, 0.2) is 5.75 Å². The molecule has 0 fully saturated rings. The Morgan fingerprint density at radius 1 is 1.12 bits per heavy atom. The lowest BCUT2D eigenvalue weighted by Crippen LogP contribution is -2.08. The van der Waals surface area contributed by atoms with Crippen molar-refractivity contribution in [3.63, 3.8) is 0 Å². The Morgan fingerprint density at radius 3 is 2.65 bits per heavy atom. The van der Waals surface area contributed by atoms with Crippen molar-refractivity contribution in [1.82, 2.24) is 4.98 Å². The van der Waals surface area contributed by atoms with Crippen molar-refractivity contribution < 1.29 is 13.9 Å². The average Bonchev–Trinajstić information content (AvgIpc) is 3.00. The molecule has 0 aliphatic rings. The lowest BCUT2D eigenvalue weighted by atomic mass is 10.2. The molecule has 4 aromatic rings. The lowest BCUT2D eigenvalue weighted by Gasteiger charge is -2.05. The summed E-state index contributed by atoms with van der Waals surface area (Å²) in [7, 11) is 0. The van der Waals surface area contributed by atoms with Crippen LogP contribution in [-0.2, 0) is 4.79 Å². The molecule has 2 heterocycles. The van der Waals surface area contributed by atoms with E-state index in [0.29, 0.717) is 34.4 Å². The molecule has 0 bridgehead atoms. The summed E-state index contributed by atoms with van der Waals surface area (Å²) in [6.45, 7) is 1.91. The predicted molar refractivity (Wildman–Crippen MR) is 102 cm³/mol. The van der Waals surface area contributed by atoms with Gasteiger partial charge in [0.1, 0.15) is 4.88 Å². The quantitative estimate of drug-likeness (QED) is 0.487. The smallest absolute Gasteiger partial charge is 0.347 e. The third-order valence-electron chi connectivity index (χ3n) is 3.95. The van der Waals surface area contributed by atoms with Crippen molar-refractivity contribution >= 4 is 38.3 Å². The molecule has 2 aromatic heterocycles. The van der Waals surface area contributed by atoms with Crippen LogP contribution >= 0.6 is 11.3 Å². The highest BCUT2D eigenvalue weighted by atomic mass is 32.1. The van der Waals surface area contributed by atoms with Crippen molar-refractivity contribution in [2.24, 2.45) is 0 Å². The molecule has 6 heteroatoms. The van der Waals surface area contributed by atoms with Crippen LogP contribution < -0.4 is 10.4 Å². The van der Waals surface area contributed by atoms with Crippen LogP contribution in [0.1, 0.15) is 19.8 Å². The van der Waals surface area contributed by atoms with Gasteiger partial charge in [-0.15, -0.1) is 11.3 Å². The number of para-hydroxylation sites is 1. The summed E-state index contributed by atoms with van der Waals surface area (Å²) >= 11 is 1.38. The van der Waals surface area contributed by atoms with Crippen LogP contribution in [0.3, 0.4) is 0 Å². The number of esters is 1. The Balaban J connectivity index is 1.93. The van der Waals surface area contributed by atoms with Crippen molar-refractivity contribution in [3.8, 4) is 16.5 Å². The van der Waals surface area contributed by atoms with E-state index in [9.17, 15) is 9.59 Å². The molecular formula is C20H15NO4S. The molecule has 0 atom stereocenters. The third kappa shape index (κ3) is 2.88. The molecule has 0 saturated heterocycles. The van der Waals surface area contributed by atoms with E-state index in [2.05, 4.69) is 4.98 Å². The van der Waals surface area contributed by atoms with Crippen LogP contribution in [0.4, 0.5) is 0 Å². The molecule has 5 nitrogen and oxygen atoms in total. The molecule has 26 heavy (non-hydrogen) atoms. The number of rotatable bonds is 4.